The third-order valence-corrected chi connectivity index (χ3v) is 1.71. The molecule has 0 aromatic carbocycles. The monoisotopic (exact) mass is 355 g/mol. The number of likely N-dealkylation sites (tertiary alicyclic amines) is 1. The van der Waals surface area contributed by atoms with Crippen molar-refractivity contribution in [3.63, 3.8) is 0 Å². The van der Waals surface area contributed by atoms with Gasteiger partial charge in [-0.2, -0.15) is 0 Å². The third-order valence-electron chi connectivity index (χ3n) is 1.71. The second-order valence-electron chi connectivity index (χ2n) is 2.47. The van der Waals surface area contributed by atoms with E-state index >= 15 is 0 Å². The zero-order chi connectivity index (χ0) is 6.69. The van der Waals surface area contributed by atoms with E-state index in [1.54, 1.807) is 0 Å². The fraction of sp³-hybridized carbons (Fsp3) is 0.833. The van der Waals surface area contributed by atoms with Crippen molar-refractivity contribution in [1.29, 1.82) is 0 Å². The van der Waals surface area contributed by atoms with Crippen LogP contribution in [0.1, 0.15) is 12.8 Å². The van der Waals surface area contributed by atoms with Gasteiger partial charge in [0.2, 0.25) is 0 Å². The van der Waals surface area contributed by atoms with Crippen LogP contribution in [-0.2, 0) is 0 Å². The van der Waals surface area contributed by atoms with Gasteiger partial charge in [0.25, 0.3) is 0 Å². The minimum atomic E-state index is 0. The fourth-order valence-electron chi connectivity index (χ4n) is 0.977. The molecule has 0 spiro atoms. The fourth-order valence-corrected chi connectivity index (χ4v) is 0.977. The Labute approximate surface area is 97.0 Å². The van der Waals surface area contributed by atoms with Crippen molar-refractivity contribution in [2.24, 2.45) is 5.16 Å². The van der Waals surface area contributed by atoms with Crippen molar-refractivity contribution < 1.29 is 49.3 Å². The summed E-state index contributed by atoms with van der Waals surface area (Å²) in [6.07, 6.45) is 1.85. The van der Waals surface area contributed by atoms with Gasteiger partial charge in [-0.25, -0.2) is 0 Å². The molecule has 1 saturated heterocycles. The van der Waals surface area contributed by atoms with Crippen LogP contribution in [0.2, 0.25) is 0 Å². The Morgan fingerprint density at radius 3 is 2.30 bits per heavy atom. The number of oxime groups is 1. The van der Waals surface area contributed by atoms with Crippen molar-refractivity contribution in [2.75, 3.05) is 20.1 Å². The average molecular weight is 355 g/mol. The number of nitrogens with zero attached hydrogens (tertiary/aromatic N) is 2. The number of piperidine rings is 1. The van der Waals surface area contributed by atoms with E-state index < -0.39 is 0 Å². The molecule has 1 radical (unpaired) electrons. The Bertz CT molecular complexity index is 117. The van der Waals surface area contributed by atoms with E-state index in [2.05, 4.69) is 17.1 Å². The van der Waals surface area contributed by atoms with Gasteiger partial charge in [0, 0.05) is 70.0 Å². The Morgan fingerprint density at radius 2 is 1.90 bits per heavy atom. The molecule has 55 valence electrons. The van der Waals surface area contributed by atoms with Crippen LogP contribution >= 0.6 is 0 Å². The molecule has 0 unspecified atom stereocenters. The van der Waals surface area contributed by atoms with Crippen molar-refractivity contribution in [1.82, 2.24) is 4.90 Å². The summed E-state index contributed by atoms with van der Waals surface area (Å²) in [6.45, 7) is 2.05. The second-order valence-corrected chi connectivity index (χ2v) is 2.47. The summed E-state index contributed by atoms with van der Waals surface area (Å²) in [5.41, 5.74) is 0.938. The van der Waals surface area contributed by atoms with E-state index in [1.165, 1.54) is 0 Å². The average Bonchev–Trinajstić information content (AvgIpc) is 1.90. The summed E-state index contributed by atoms with van der Waals surface area (Å²) >= 11 is 0. The molecule has 1 rings (SSSR count). The molecule has 3 nitrogen and oxygen atoms in total. The van der Waals surface area contributed by atoms with E-state index in [1.807, 2.05) is 0 Å². The van der Waals surface area contributed by atoms with E-state index in [4.69, 9.17) is 5.21 Å². The van der Waals surface area contributed by atoms with Crippen molar-refractivity contribution >= 4 is 5.71 Å². The Morgan fingerprint density at radius 1 is 1.40 bits per heavy atom. The second kappa shape index (κ2) is 5.51. The summed E-state index contributed by atoms with van der Waals surface area (Å²) < 4.78 is 0. The zero-order valence-electron chi connectivity index (χ0n) is 6.25. The standard InChI is InChI=1S/C6H12N2O.Ac/c1-8-4-2-6(7-9)3-5-8;/h9H,2-5H2,1H3;. The summed E-state index contributed by atoms with van der Waals surface area (Å²) in [5, 5.41) is 11.5. The Kier molecular flexibility index (Phi) is 5.99. The van der Waals surface area contributed by atoms with Crippen molar-refractivity contribution in [2.45, 2.75) is 12.8 Å². The van der Waals surface area contributed by atoms with Crippen molar-refractivity contribution in [3.8, 4) is 0 Å². The molecule has 1 fully saturated rings. The minimum Gasteiger partial charge on any atom is -0.411 e. The maximum Gasteiger partial charge on any atom is 0.0596 e. The van der Waals surface area contributed by atoms with Crippen LogP contribution < -0.4 is 0 Å². The summed E-state index contributed by atoms with van der Waals surface area (Å²) in [5.74, 6) is 0. The molecule has 0 bridgehead atoms. The molecule has 0 aromatic rings. The minimum absolute atomic E-state index is 0. The van der Waals surface area contributed by atoms with Crippen LogP contribution in [0.25, 0.3) is 0 Å². The van der Waals surface area contributed by atoms with Crippen LogP contribution in [0, 0.1) is 44.1 Å². The van der Waals surface area contributed by atoms with Gasteiger partial charge in [0.1, 0.15) is 0 Å². The predicted molar refractivity (Wildman–Crippen MR) is 36.0 cm³/mol. The summed E-state index contributed by atoms with van der Waals surface area (Å²) in [6, 6.07) is 0. The molecule has 0 aliphatic carbocycles. The first kappa shape index (κ1) is 10.9. The number of rotatable bonds is 0. The van der Waals surface area contributed by atoms with Gasteiger partial charge in [0.15, 0.2) is 0 Å². The predicted octanol–water partition coefficient (Wildman–Crippen LogP) is 0.542. The summed E-state index contributed by atoms with van der Waals surface area (Å²) in [4.78, 5) is 2.23. The van der Waals surface area contributed by atoms with Crippen molar-refractivity contribution in [3.05, 3.63) is 0 Å². The van der Waals surface area contributed by atoms with Crippen LogP contribution in [0.3, 0.4) is 0 Å². The quantitative estimate of drug-likeness (QED) is 0.509. The Balaban J connectivity index is 0.000000810. The molecule has 0 amide bonds. The van der Waals surface area contributed by atoms with Gasteiger partial charge in [-0.05, 0) is 7.05 Å². The Hall–Kier alpha value is 0.872. The van der Waals surface area contributed by atoms with Gasteiger partial charge in [-0.1, -0.05) is 5.16 Å². The molecule has 1 aliphatic rings. The van der Waals surface area contributed by atoms with E-state index in [-0.39, 0.29) is 44.1 Å². The van der Waals surface area contributed by atoms with Gasteiger partial charge in [-0.15, -0.1) is 0 Å². The topological polar surface area (TPSA) is 35.8 Å². The molecule has 4 heteroatoms. The first-order chi connectivity index (χ1) is 4.33. The van der Waals surface area contributed by atoms with E-state index in [0.717, 1.165) is 31.6 Å². The first-order valence-electron chi connectivity index (χ1n) is 3.21. The third kappa shape index (κ3) is 3.32. The summed E-state index contributed by atoms with van der Waals surface area (Å²) in [7, 11) is 2.08. The maximum absolute atomic E-state index is 8.35. The molecule has 0 atom stereocenters. The molecular formula is C6H12AcN2O. The number of hydrogen-bond donors (Lipinski definition) is 1. The molecule has 0 aromatic heterocycles. The first-order valence-corrected chi connectivity index (χ1v) is 3.21. The van der Waals surface area contributed by atoms with E-state index in [0.29, 0.717) is 0 Å². The van der Waals surface area contributed by atoms with Gasteiger partial charge < -0.3 is 10.1 Å². The van der Waals surface area contributed by atoms with Crippen LogP contribution in [-0.4, -0.2) is 36.0 Å². The molecule has 10 heavy (non-hydrogen) atoms. The molecule has 0 saturated carbocycles. The smallest absolute Gasteiger partial charge is 0.0596 e. The largest absolute Gasteiger partial charge is 0.411 e. The molecular weight excluding hydrogens is 343 g/mol. The zero-order valence-corrected chi connectivity index (χ0v) is 11.0. The van der Waals surface area contributed by atoms with Crippen LogP contribution in [0.5, 0.6) is 0 Å². The maximum atomic E-state index is 8.35. The molecule has 1 aliphatic heterocycles. The van der Waals surface area contributed by atoms with E-state index in [9.17, 15) is 0 Å². The number of hydrogen-bond acceptors (Lipinski definition) is 3. The van der Waals surface area contributed by atoms with Gasteiger partial charge in [-0.3, -0.25) is 0 Å². The normalized spacial score (nSPS) is 19.9. The van der Waals surface area contributed by atoms with Crippen LogP contribution in [0.4, 0.5) is 0 Å². The van der Waals surface area contributed by atoms with Gasteiger partial charge >= 0.3 is 0 Å². The molecule has 1 heterocycles. The SMILES string of the molecule is CN1CCC(=NO)CC1.[Ac]. The van der Waals surface area contributed by atoms with Crippen LogP contribution in [0.15, 0.2) is 5.16 Å². The van der Waals surface area contributed by atoms with Gasteiger partial charge in [0.05, 0.1) is 5.71 Å². The molecule has 1 N–H and O–H groups in total.